The Bertz CT molecular complexity index is 663. The Morgan fingerprint density at radius 2 is 1.95 bits per heavy atom. The summed E-state index contributed by atoms with van der Waals surface area (Å²) < 4.78 is 44.2. The van der Waals surface area contributed by atoms with E-state index in [2.05, 4.69) is 5.10 Å². The van der Waals surface area contributed by atoms with Crippen LogP contribution in [0.2, 0.25) is 0 Å². The number of benzene rings is 1. The molecule has 2 aromatic rings. The topological polar surface area (TPSA) is 64.3 Å². The highest BCUT2D eigenvalue weighted by Gasteiger charge is 2.30. The van der Waals surface area contributed by atoms with Crippen LogP contribution < -0.4 is 4.74 Å². The number of ether oxygens (including phenoxy) is 1. The summed E-state index contributed by atoms with van der Waals surface area (Å²) in [6.45, 7) is 0. The molecule has 0 saturated heterocycles. The molecule has 0 saturated carbocycles. The van der Waals surface area contributed by atoms with Crippen molar-refractivity contribution in [2.75, 3.05) is 7.11 Å². The normalized spacial score (nSPS) is 11.5. The molecule has 22 heavy (non-hydrogen) atoms. The quantitative estimate of drug-likeness (QED) is 0.921. The Hall–Kier alpha value is -2.51. The van der Waals surface area contributed by atoms with Crippen LogP contribution in [0.5, 0.6) is 5.88 Å². The van der Waals surface area contributed by atoms with Crippen molar-refractivity contribution >= 4 is 5.97 Å². The van der Waals surface area contributed by atoms with Crippen molar-refractivity contribution in [1.82, 2.24) is 9.78 Å². The minimum Gasteiger partial charge on any atom is -0.481 e. The molecular formula is C14H13F3N2O3. The average Bonchev–Trinajstić information content (AvgIpc) is 2.87. The molecule has 1 N–H and O–H groups in total. The van der Waals surface area contributed by atoms with Crippen LogP contribution in [-0.4, -0.2) is 28.0 Å². The molecule has 0 aliphatic heterocycles. The molecule has 0 radical (unpaired) electrons. The fourth-order valence-electron chi connectivity index (χ4n) is 1.98. The van der Waals surface area contributed by atoms with E-state index in [-0.39, 0.29) is 12.8 Å². The van der Waals surface area contributed by atoms with E-state index in [1.165, 1.54) is 30.1 Å². The van der Waals surface area contributed by atoms with E-state index in [9.17, 15) is 18.0 Å². The van der Waals surface area contributed by atoms with E-state index in [0.717, 1.165) is 12.1 Å². The summed E-state index contributed by atoms with van der Waals surface area (Å²) in [6.07, 6.45) is -2.83. The summed E-state index contributed by atoms with van der Waals surface area (Å²) in [5.41, 5.74) is 0.213. The molecule has 0 unspecified atom stereocenters. The number of aromatic nitrogens is 2. The van der Waals surface area contributed by atoms with Gasteiger partial charge >= 0.3 is 12.1 Å². The number of aliphatic carboxylic acids is 1. The zero-order chi connectivity index (χ0) is 16.3. The van der Waals surface area contributed by atoms with Gasteiger partial charge in [-0.25, -0.2) is 4.68 Å². The molecule has 1 aromatic carbocycles. The van der Waals surface area contributed by atoms with E-state index < -0.39 is 17.7 Å². The van der Waals surface area contributed by atoms with Gasteiger partial charge in [0.1, 0.15) is 0 Å². The third kappa shape index (κ3) is 3.38. The van der Waals surface area contributed by atoms with Crippen molar-refractivity contribution in [1.29, 1.82) is 0 Å². The van der Waals surface area contributed by atoms with Crippen LogP contribution in [0.3, 0.4) is 0 Å². The van der Waals surface area contributed by atoms with Crippen molar-refractivity contribution in [3.8, 4) is 11.6 Å². The summed E-state index contributed by atoms with van der Waals surface area (Å²) >= 11 is 0. The van der Waals surface area contributed by atoms with Gasteiger partial charge in [-0.3, -0.25) is 4.79 Å². The Kier molecular flexibility index (Phi) is 4.39. The van der Waals surface area contributed by atoms with E-state index in [1.54, 1.807) is 0 Å². The molecule has 0 amide bonds. The van der Waals surface area contributed by atoms with Gasteiger partial charge < -0.3 is 9.84 Å². The standard InChI is InChI=1S/C14H13F3N2O3/c1-22-13-9(2-7-12(20)21)8-18-19(13)11-5-3-10(4-6-11)14(15,16)17/h3-6,8H,2,7H2,1H3,(H,20,21). The second-order valence-electron chi connectivity index (χ2n) is 4.53. The lowest BCUT2D eigenvalue weighted by molar-refractivity contribution is -0.138. The number of methoxy groups -OCH3 is 1. The SMILES string of the molecule is COc1c(CCC(=O)O)cnn1-c1ccc(C(F)(F)F)cc1. The predicted molar refractivity (Wildman–Crippen MR) is 71.1 cm³/mol. The molecule has 5 nitrogen and oxygen atoms in total. The van der Waals surface area contributed by atoms with Gasteiger partial charge in [0.25, 0.3) is 0 Å². The molecule has 0 atom stereocenters. The van der Waals surface area contributed by atoms with Crippen LogP contribution in [0.25, 0.3) is 5.69 Å². The first-order chi connectivity index (χ1) is 10.3. The van der Waals surface area contributed by atoms with E-state index >= 15 is 0 Å². The Labute approximate surface area is 123 Å². The smallest absolute Gasteiger partial charge is 0.416 e. The largest absolute Gasteiger partial charge is 0.481 e. The fourth-order valence-corrected chi connectivity index (χ4v) is 1.98. The number of hydrogen-bond acceptors (Lipinski definition) is 3. The molecule has 0 spiro atoms. The fraction of sp³-hybridized carbons (Fsp3) is 0.286. The number of rotatable bonds is 5. The van der Waals surface area contributed by atoms with Gasteiger partial charge in [0.05, 0.1) is 24.6 Å². The van der Waals surface area contributed by atoms with Gasteiger partial charge in [-0.1, -0.05) is 0 Å². The highest BCUT2D eigenvalue weighted by atomic mass is 19.4. The molecule has 0 bridgehead atoms. The lowest BCUT2D eigenvalue weighted by Gasteiger charge is -2.10. The van der Waals surface area contributed by atoms with E-state index in [0.29, 0.717) is 17.1 Å². The summed E-state index contributed by atoms with van der Waals surface area (Å²) in [4.78, 5) is 10.6. The van der Waals surface area contributed by atoms with Gasteiger partial charge in [-0.05, 0) is 30.7 Å². The van der Waals surface area contributed by atoms with Crippen molar-refractivity contribution in [3.05, 3.63) is 41.6 Å². The zero-order valence-corrected chi connectivity index (χ0v) is 11.6. The Balaban J connectivity index is 2.30. The van der Waals surface area contributed by atoms with Gasteiger partial charge in [-0.15, -0.1) is 0 Å². The molecule has 0 aliphatic rings. The summed E-state index contributed by atoms with van der Waals surface area (Å²) in [7, 11) is 1.39. The summed E-state index contributed by atoms with van der Waals surface area (Å²) in [6, 6.07) is 4.46. The monoisotopic (exact) mass is 314 g/mol. The zero-order valence-electron chi connectivity index (χ0n) is 11.6. The third-order valence-corrected chi connectivity index (χ3v) is 3.04. The van der Waals surface area contributed by atoms with Crippen LogP contribution in [-0.2, 0) is 17.4 Å². The number of nitrogens with zero attached hydrogens (tertiary/aromatic N) is 2. The molecule has 0 aliphatic carbocycles. The third-order valence-electron chi connectivity index (χ3n) is 3.04. The molecule has 1 aromatic heterocycles. The second-order valence-corrected chi connectivity index (χ2v) is 4.53. The first-order valence-electron chi connectivity index (χ1n) is 6.33. The maximum atomic E-state index is 12.5. The van der Waals surface area contributed by atoms with Crippen molar-refractivity contribution in [2.24, 2.45) is 0 Å². The molecule has 2 rings (SSSR count). The van der Waals surface area contributed by atoms with Crippen LogP contribution in [0, 0.1) is 0 Å². The lowest BCUT2D eigenvalue weighted by atomic mass is 10.2. The van der Waals surface area contributed by atoms with Crippen LogP contribution in [0.4, 0.5) is 13.2 Å². The number of carbonyl (C=O) groups is 1. The minimum atomic E-state index is -4.40. The lowest BCUT2D eigenvalue weighted by Crippen LogP contribution is -2.06. The second kappa shape index (κ2) is 6.08. The number of carboxylic acid groups (broad SMARTS) is 1. The van der Waals surface area contributed by atoms with E-state index in [4.69, 9.17) is 9.84 Å². The molecule has 0 fully saturated rings. The van der Waals surface area contributed by atoms with Crippen molar-refractivity contribution in [2.45, 2.75) is 19.0 Å². The first kappa shape index (κ1) is 15.9. The number of halogens is 3. The summed E-state index contributed by atoms with van der Waals surface area (Å²) in [5.74, 6) is -0.648. The van der Waals surface area contributed by atoms with E-state index in [1.807, 2.05) is 0 Å². The van der Waals surface area contributed by atoms with Crippen molar-refractivity contribution in [3.63, 3.8) is 0 Å². The predicted octanol–water partition coefficient (Wildman–Crippen LogP) is 2.92. The molecule has 118 valence electrons. The van der Waals surface area contributed by atoms with Crippen LogP contribution >= 0.6 is 0 Å². The maximum Gasteiger partial charge on any atom is 0.416 e. The number of hydrogen-bond donors (Lipinski definition) is 1. The number of carboxylic acids is 1. The Morgan fingerprint density at radius 1 is 1.32 bits per heavy atom. The van der Waals surface area contributed by atoms with Crippen LogP contribution in [0.1, 0.15) is 17.5 Å². The van der Waals surface area contributed by atoms with Gasteiger partial charge in [0.15, 0.2) is 0 Å². The minimum absolute atomic E-state index is 0.0882. The molecule has 8 heteroatoms. The maximum absolute atomic E-state index is 12.5. The Morgan fingerprint density at radius 3 is 2.45 bits per heavy atom. The first-order valence-corrected chi connectivity index (χ1v) is 6.33. The summed E-state index contributed by atoms with van der Waals surface area (Å²) in [5, 5.41) is 12.7. The highest BCUT2D eigenvalue weighted by Crippen LogP contribution is 2.30. The number of alkyl halides is 3. The van der Waals surface area contributed by atoms with Crippen molar-refractivity contribution < 1.29 is 27.8 Å². The van der Waals surface area contributed by atoms with Gasteiger partial charge in [0, 0.05) is 12.0 Å². The van der Waals surface area contributed by atoms with Crippen LogP contribution in [0.15, 0.2) is 30.5 Å². The highest BCUT2D eigenvalue weighted by molar-refractivity contribution is 5.67. The number of aryl methyl sites for hydroxylation is 1. The van der Waals surface area contributed by atoms with Gasteiger partial charge in [-0.2, -0.15) is 18.3 Å². The molecular weight excluding hydrogens is 301 g/mol. The van der Waals surface area contributed by atoms with Gasteiger partial charge in [0.2, 0.25) is 5.88 Å². The molecule has 1 heterocycles. The average molecular weight is 314 g/mol.